The van der Waals surface area contributed by atoms with Crippen LogP contribution in [0.15, 0.2) is 72.8 Å². The molecule has 0 aromatic heterocycles. The van der Waals surface area contributed by atoms with Crippen molar-refractivity contribution in [2.75, 3.05) is 11.9 Å². The van der Waals surface area contributed by atoms with Crippen LogP contribution in [0, 0.1) is 10.1 Å². The fraction of sp³-hybridized carbons (Fsp3) is 0.174. The molecule has 1 amide bonds. The minimum absolute atomic E-state index is 0.138. The van der Waals surface area contributed by atoms with Crippen molar-refractivity contribution in [3.05, 3.63) is 94.0 Å². The van der Waals surface area contributed by atoms with Gasteiger partial charge in [-0.15, -0.1) is 0 Å². The molecule has 0 saturated carbocycles. The quantitative estimate of drug-likeness (QED) is 0.354. The van der Waals surface area contributed by atoms with Gasteiger partial charge in [0.25, 0.3) is 11.6 Å². The minimum Gasteiger partial charge on any atom is -0.457 e. The number of para-hydroxylation sites is 1. The molecule has 1 unspecified atom stereocenters. The molecule has 0 aliphatic carbocycles. The highest BCUT2D eigenvalue weighted by Crippen LogP contribution is 2.23. The number of carbonyl (C=O) groups excluding carboxylic acids is 1. The lowest BCUT2D eigenvalue weighted by Gasteiger charge is -2.13. The summed E-state index contributed by atoms with van der Waals surface area (Å²) >= 11 is 0. The number of nitrogens with one attached hydrogen (secondary N) is 2. The predicted octanol–water partition coefficient (Wildman–Crippen LogP) is 4.11. The first-order valence-electron chi connectivity index (χ1n) is 9.73. The van der Waals surface area contributed by atoms with Gasteiger partial charge in [0.1, 0.15) is 11.5 Å². The average molecular weight is 421 g/mol. The van der Waals surface area contributed by atoms with Crippen LogP contribution in [0.1, 0.15) is 22.8 Å². The van der Waals surface area contributed by atoms with Crippen LogP contribution in [0.25, 0.3) is 0 Å². The molecule has 0 saturated heterocycles. The Hall–Kier alpha value is -3.91. The molecule has 3 rings (SSSR count). The first-order chi connectivity index (χ1) is 14.9. The Kier molecular flexibility index (Phi) is 7.18. The number of rotatable bonds is 9. The standard InChI is InChI=1S/C23H23N3O5/c1-16(27)14-24-22-12-9-18(26(29)30)13-21(22)23(28)25-15-17-7-10-20(11-8-17)31-19-5-3-2-4-6-19/h2-13,16,24,27H,14-15H2,1H3,(H,25,28). The summed E-state index contributed by atoms with van der Waals surface area (Å²) in [4.78, 5) is 23.2. The number of ether oxygens (including phenoxy) is 1. The Balaban J connectivity index is 1.66. The second-order valence-electron chi connectivity index (χ2n) is 6.96. The van der Waals surface area contributed by atoms with Crippen molar-refractivity contribution >= 4 is 17.3 Å². The third-order valence-corrected chi connectivity index (χ3v) is 4.40. The molecular formula is C23H23N3O5. The Morgan fingerprint density at radius 2 is 1.74 bits per heavy atom. The van der Waals surface area contributed by atoms with Gasteiger partial charge >= 0.3 is 0 Å². The molecule has 3 aromatic carbocycles. The molecule has 0 bridgehead atoms. The van der Waals surface area contributed by atoms with E-state index >= 15 is 0 Å². The van der Waals surface area contributed by atoms with Gasteiger partial charge < -0.3 is 20.5 Å². The molecular weight excluding hydrogens is 398 g/mol. The molecule has 8 nitrogen and oxygen atoms in total. The number of non-ortho nitro benzene ring substituents is 1. The van der Waals surface area contributed by atoms with Gasteiger partial charge in [0.05, 0.1) is 16.6 Å². The molecule has 31 heavy (non-hydrogen) atoms. The van der Waals surface area contributed by atoms with Crippen LogP contribution >= 0.6 is 0 Å². The number of anilines is 1. The number of amides is 1. The van der Waals surface area contributed by atoms with E-state index in [-0.39, 0.29) is 24.3 Å². The molecule has 3 aromatic rings. The highest BCUT2D eigenvalue weighted by atomic mass is 16.6. The Bertz CT molecular complexity index is 1040. The van der Waals surface area contributed by atoms with Gasteiger partial charge in [-0.3, -0.25) is 14.9 Å². The average Bonchev–Trinajstić information content (AvgIpc) is 2.77. The van der Waals surface area contributed by atoms with Crippen LogP contribution in [-0.2, 0) is 6.54 Å². The summed E-state index contributed by atoms with van der Waals surface area (Å²) in [6.45, 7) is 2.05. The van der Waals surface area contributed by atoms with Crippen molar-refractivity contribution in [3.63, 3.8) is 0 Å². The maximum atomic E-state index is 12.7. The highest BCUT2D eigenvalue weighted by molar-refractivity contribution is 6.00. The zero-order chi connectivity index (χ0) is 22.2. The molecule has 3 N–H and O–H groups in total. The minimum atomic E-state index is -0.636. The fourth-order valence-corrected chi connectivity index (χ4v) is 2.82. The normalized spacial score (nSPS) is 11.4. The van der Waals surface area contributed by atoms with Crippen LogP contribution in [-0.4, -0.2) is 28.6 Å². The van der Waals surface area contributed by atoms with E-state index in [1.54, 1.807) is 19.1 Å². The Morgan fingerprint density at radius 1 is 1.06 bits per heavy atom. The fourth-order valence-electron chi connectivity index (χ4n) is 2.82. The highest BCUT2D eigenvalue weighted by Gasteiger charge is 2.17. The number of aliphatic hydroxyl groups is 1. The maximum absolute atomic E-state index is 12.7. The summed E-state index contributed by atoms with van der Waals surface area (Å²) in [6, 6.07) is 20.7. The second kappa shape index (κ2) is 10.2. The molecule has 0 aliphatic rings. The van der Waals surface area contributed by atoms with Gasteiger partial charge in [-0.1, -0.05) is 30.3 Å². The van der Waals surface area contributed by atoms with Gasteiger partial charge in [-0.25, -0.2) is 0 Å². The number of benzene rings is 3. The van der Waals surface area contributed by atoms with Crippen molar-refractivity contribution in [2.24, 2.45) is 0 Å². The number of aliphatic hydroxyl groups excluding tert-OH is 1. The number of hydrogen-bond donors (Lipinski definition) is 3. The number of carbonyl (C=O) groups is 1. The predicted molar refractivity (Wildman–Crippen MR) is 117 cm³/mol. The van der Waals surface area contributed by atoms with Crippen LogP contribution in [0.4, 0.5) is 11.4 Å². The van der Waals surface area contributed by atoms with E-state index in [9.17, 15) is 20.0 Å². The molecule has 0 radical (unpaired) electrons. The SMILES string of the molecule is CC(O)CNc1ccc([N+](=O)[O-])cc1C(=O)NCc1ccc(Oc2ccccc2)cc1. The number of hydrogen-bond acceptors (Lipinski definition) is 6. The van der Waals surface area contributed by atoms with Crippen molar-refractivity contribution in [1.82, 2.24) is 5.32 Å². The Morgan fingerprint density at radius 3 is 2.39 bits per heavy atom. The summed E-state index contributed by atoms with van der Waals surface area (Å²) in [5, 5.41) is 26.3. The zero-order valence-electron chi connectivity index (χ0n) is 16.9. The molecule has 0 heterocycles. The van der Waals surface area contributed by atoms with E-state index < -0.39 is 16.9 Å². The number of nitro groups is 1. The van der Waals surface area contributed by atoms with E-state index in [0.29, 0.717) is 11.4 Å². The number of nitrogens with zero attached hydrogens (tertiary/aromatic N) is 1. The third-order valence-electron chi connectivity index (χ3n) is 4.40. The summed E-state index contributed by atoms with van der Waals surface area (Å²) in [6.07, 6.45) is -0.636. The molecule has 0 aliphatic heterocycles. The second-order valence-corrected chi connectivity index (χ2v) is 6.96. The molecule has 0 fully saturated rings. The van der Waals surface area contributed by atoms with E-state index in [1.807, 2.05) is 42.5 Å². The molecule has 0 spiro atoms. The van der Waals surface area contributed by atoms with Crippen molar-refractivity contribution in [2.45, 2.75) is 19.6 Å². The van der Waals surface area contributed by atoms with Gasteiger partial charge in [0, 0.05) is 30.9 Å². The summed E-state index contributed by atoms with van der Waals surface area (Å²) in [5.41, 5.74) is 1.21. The lowest BCUT2D eigenvalue weighted by molar-refractivity contribution is -0.384. The third kappa shape index (κ3) is 6.28. The number of nitro benzene ring substituents is 1. The van der Waals surface area contributed by atoms with Gasteiger partial charge in [-0.05, 0) is 42.8 Å². The van der Waals surface area contributed by atoms with Crippen LogP contribution in [0.5, 0.6) is 11.5 Å². The maximum Gasteiger partial charge on any atom is 0.270 e. The monoisotopic (exact) mass is 421 g/mol. The zero-order valence-corrected chi connectivity index (χ0v) is 16.9. The summed E-state index contributed by atoms with van der Waals surface area (Å²) < 4.78 is 5.75. The molecule has 1 atom stereocenters. The van der Waals surface area contributed by atoms with Crippen molar-refractivity contribution in [1.29, 1.82) is 0 Å². The van der Waals surface area contributed by atoms with Crippen molar-refractivity contribution in [3.8, 4) is 11.5 Å². The van der Waals surface area contributed by atoms with E-state index in [0.717, 1.165) is 11.3 Å². The van der Waals surface area contributed by atoms with E-state index in [4.69, 9.17) is 4.74 Å². The van der Waals surface area contributed by atoms with Gasteiger partial charge in [0.15, 0.2) is 0 Å². The molecule has 160 valence electrons. The van der Waals surface area contributed by atoms with Gasteiger partial charge in [0.2, 0.25) is 0 Å². The summed E-state index contributed by atoms with van der Waals surface area (Å²) in [7, 11) is 0. The molecule has 8 heteroatoms. The van der Waals surface area contributed by atoms with Crippen molar-refractivity contribution < 1.29 is 19.6 Å². The van der Waals surface area contributed by atoms with Crippen LogP contribution in [0.3, 0.4) is 0 Å². The first-order valence-corrected chi connectivity index (χ1v) is 9.73. The van der Waals surface area contributed by atoms with Gasteiger partial charge in [-0.2, -0.15) is 0 Å². The van der Waals surface area contributed by atoms with E-state index in [2.05, 4.69) is 10.6 Å². The van der Waals surface area contributed by atoms with Crippen LogP contribution in [0.2, 0.25) is 0 Å². The lowest BCUT2D eigenvalue weighted by Crippen LogP contribution is -2.25. The van der Waals surface area contributed by atoms with E-state index in [1.165, 1.54) is 18.2 Å². The lowest BCUT2D eigenvalue weighted by atomic mass is 10.1. The summed E-state index contributed by atoms with van der Waals surface area (Å²) in [5.74, 6) is 0.942. The first kappa shape index (κ1) is 21.8. The largest absolute Gasteiger partial charge is 0.457 e. The topological polar surface area (TPSA) is 114 Å². The Labute approximate surface area is 179 Å². The smallest absolute Gasteiger partial charge is 0.270 e. The van der Waals surface area contributed by atoms with Crippen LogP contribution < -0.4 is 15.4 Å².